The summed E-state index contributed by atoms with van der Waals surface area (Å²) >= 11 is 0. The van der Waals surface area contributed by atoms with Gasteiger partial charge in [-0.3, -0.25) is 4.79 Å². The van der Waals surface area contributed by atoms with E-state index in [1.54, 1.807) is 0 Å². The van der Waals surface area contributed by atoms with Crippen LogP contribution < -0.4 is 5.32 Å². The number of rotatable bonds is 4. The number of alkyl carbamates (subject to hydrolysis) is 1. The third kappa shape index (κ3) is 6.17. The van der Waals surface area contributed by atoms with Crippen LogP contribution in [0.1, 0.15) is 66.2 Å². The summed E-state index contributed by atoms with van der Waals surface area (Å²) in [6.45, 7) is 9.96. The molecule has 0 radical (unpaired) electrons. The monoisotopic (exact) mass is 354 g/mol. The van der Waals surface area contributed by atoms with E-state index in [4.69, 9.17) is 9.47 Å². The molecule has 6 heteroatoms. The Morgan fingerprint density at radius 3 is 2.48 bits per heavy atom. The predicted octanol–water partition coefficient (Wildman–Crippen LogP) is 3.10. The molecular weight excluding hydrogens is 320 g/mol. The highest BCUT2D eigenvalue weighted by Gasteiger charge is 2.37. The highest BCUT2D eigenvalue weighted by atomic mass is 16.6. The predicted molar refractivity (Wildman–Crippen MR) is 96.3 cm³/mol. The second-order valence-electron chi connectivity index (χ2n) is 8.20. The van der Waals surface area contributed by atoms with Crippen molar-refractivity contribution in [1.82, 2.24) is 10.2 Å². The highest BCUT2D eigenvalue weighted by Crippen LogP contribution is 2.29. The van der Waals surface area contributed by atoms with Gasteiger partial charge in [0.05, 0.1) is 12.1 Å². The lowest BCUT2D eigenvalue weighted by atomic mass is 9.84. The zero-order chi connectivity index (χ0) is 18.4. The Bertz CT molecular complexity index is 453. The van der Waals surface area contributed by atoms with E-state index in [2.05, 4.69) is 5.32 Å². The van der Waals surface area contributed by atoms with Crippen LogP contribution in [0.4, 0.5) is 4.79 Å². The molecule has 2 saturated heterocycles. The fourth-order valence-corrected chi connectivity index (χ4v) is 3.73. The molecule has 2 amide bonds. The second kappa shape index (κ2) is 8.88. The minimum atomic E-state index is -0.500. The molecule has 1 N–H and O–H groups in total. The molecule has 2 rings (SSSR count). The number of nitrogens with zero attached hydrogens (tertiary/aromatic N) is 1. The maximum Gasteiger partial charge on any atom is 0.407 e. The number of carbonyl (C=O) groups excluding carboxylic acids is 2. The van der Waals surface area contributed by atoms with E-state index in [1.165, 1.54) is 0 Å². The van der Waals surface area contributed by atoms with Gasteiger partial charge < -0.3 is 19.7 Å². The Morgan fingerprint density at radius 2 is 1.88 bits per heavy atom. The van der Waals surface area contributed by atoms with E-state index in [-0.39, 0.29) is 24.1 Å². The van der Waals surface area contributed by atoms with Crippen LogP contribution in [0.2, 0.25) is 0 Å². The first-order valence-electron chi connectivity index (χ1n) is 9.69. The topological polar surface area (TPSA) is 67.9 Å². The number of nitrogens with one attached hydrogen (secondary N) is 1. The highest BCUT2D eigenvalue weighted by molar-refractivity contribution is 5.76. The fourth-order valence-electron chi connectivity index (χ4n) is 3.73. The molecule has 0 saturated carbocycles. The van der Waals surface area contributed by atoms with Gasteiger partial charge in [0, 0.05) is 26.1 Å². The van der Waals surface area contributed by atoms with E-state index >= 15 is 0 Å². The molecule has 2 aliphatic heterocycles. The van der Waals surface area contributed by atoms with Crippen molar-refractivity contribution in [3.8, 4) is 0 Å². The van der Waals surface area contributed by atoms with Gasteiger partial charge in [0.1, 0.15) is 5.60 Å². The Morgan fingerprint density at radius 1 is 1.20 bits per heavy atom. The maximum atomic E-state index is 12.1. The van der Waals surface area contributed by atoms with Crippen LogP contribution in [0.3, 0.4) is 0 Å². The first-order chi connectivity index (χ1) is 11.8. The van der Waals surface area contributed by atoms with E-state index < -0.39 is 5.60 Å². The Labute approximate surface area is 151 Å². The first kappa shape index (κ1) is 20.0. The second-order valence-corrected chi connectivity index (χ2v) is 8.20. The summed E-state index contributed by atoms with van der Waals surface area (Å²) in [6.07, 6.45) is 4.91. The lowest BCUT2D eigenvalue weighted by molar-refractivity contribution is -0.134. The maximum absolute atomic E-state index is 12.1. The smallest absolute Gasteiger partial charge is 0.407 e. The molecule has 2 heterocycles. The van der Waals surface area contributed by atoms with Gasteiger partial charge >= 0.3 is 6.09 Å². The zero-order valence-electron chi connectivity index (χ0n) is 16.2. The standard InChI is InChI=1S/C19H34N2O4/c1-5-7-16(22)21-11-9-14(10-12-21)17-15(8-6-13-24-17)20-18(23)25-19(2,3)4/h14-15,17H,5-13H2,1-4H3,(H,20,23). The Hall–Kier alpha value is -1.30. The average molecular weight is 354 g/mol. The molecule has 0 aromatic carbocycles. The molecule has 2 aliphatic rings. The Kier molecular flexibility index (Phi) is 7.11. The van der Waals surface area contributed by atoms with Crippen LogP contribution in [0.15, 0.2) is 0 Å². The zero-order valence-corrected chi connectivity index (χ0v) is 16.2. The lowest BCUT2D eigenvalue weighted by Gasteiger charge is -2.41. The molecule has 144 valence electrons. The average Bonchev–Trinajstić information content (AvgIpc) is 2.54. The van der Waals surface area contributed by atoms with Gasteiger partial charge in [-0.05, 0) is 58.8 Å². The molecule has 0 spiro atoms. The summed E-state index contributed by atoms with van der Waals surface area (Å²) in [5.41, 5.74) is -0.500. The van der Waals surface area contributed by atoms with Crippen molar-refractivity contribution in [2.45, 2.75) is 84.0 Å². The van der Waals surface area contributed by atoms with Crippen LogP contribution in [0.5, 0.6) is 0 Å². The fraction of sp³-hybridized carbons (Fsp3) is 0.895. The van der Waals surface area contributed by atoms with Crippen LogP contribution in [0, 0.1) is 5.92 Å². The number of hydrogen-bond acceptors (Lipinski definition) is 4. The third-order valence-corrected chi connectivity index (χ3v) is 4.89. The van der Waals surface area contributed by atoms with Gasteiger partial charge in [0.2, 0.25) is 5.91 Å². The molecule has 2 unspecified atom stereocenters. The number of carbonyl (C=O) groups is 2. The third-order valence-electron chi connectivity index (χ3n) is 4.89. The van der Waals surface area contributed by atoms with Crippen LogP contribution >= 0.6 is 0 Å². The SMILES string of the molecule is CCCC(=O)N1CCC(C2OCCCC2NC(=O)OC(C)(C)C)CC1. The minimum absolute atomic E-state index is 0.00788. The van der Waals surface area contributed by atoms with Gasteiger partial charge in [0.15, 0.2) is 0 Å². The molecule has 25 heavy (non-hydrogen) atoms. The van der Waals surface area contributed by atoms with Crippen LogP contribution in [0.25, 0.3) is 0 Å². The lowest BCUT2D eigenvalue weighted by Crippen LogP contribution is -2.53. The van der Waals surface area contributed by atoms with Crippen molar-refractivity contribution in [3.63, 3.8) is 0 Å². The summed E-state index contributed by atoms with van der Waals surface area (Å²) < 4.78 is 11.4. The van der Waals surface area contributed by atoms with Crippen molar-refractivity contribution in [2.75, 3.05) is 19.7 Å². The number of hydrogen-bond donors (Lipinski definition) is 1. The molecule has 0 aliphatic carbocycles. The van der Waals surface area contributed by atoms with E-state index in [0.29, 0.717) is 12.3 Å². The number of ether oxygens (including phenoxy) is 2. The minimum Gasteiger partial charge on any atom is -0.444 e. The molecule has 2 atom stereocenters. The van der Waals surface area contributed by atoms with Crippen molar-refractivity contribution < 1.29 is 19.1 Å². The molecule has 0 aromatic rings. The van der Waals surface area contributed by atoms with E-state index in [9.17, 15) is 9.59 Å². The molecule has 6 nitrogen and oxygen atoms in total. The van der Waals surface area contributed by atoms with Crippen LogP contribution in [-0.4, -0.2) is 54.3 Å². The quantitative estimate of drug-likeness (QED) is 0.842. The normalized spacial score (nSPS) is 25.5. The summed E-state index contributed by atoms with van der Waals surface area (Å²) in [4.78, 5) is 26.1. The largest absolute Gasteiger partial charge is 0.444 e. The number of amides is 2. The van der Waals surface area contributed by atoms with Crippen molar-refractivity contribution in [1.29, 1.82) is 0 Å². The van der Waals surface area contributed by atoms with Gasteiger partial charge in [0.25, 0.3) is 0 Å². The number of piperidine rings is 1. The molecule has 0 bridgehead atoms. The van der Waals surface area contributed by atoms with Crippen molar-refractivity contribution in [2.24, 2.45) is 5.92 Å². The first-order valence-corrected chi connectivity index (χ1v) is 9.69. The molecular formula is C19H34N2O4. The summed E-state index contributed by atoms with van der Waals surface area (Å²) in [6, 6.07) is -0.00788. The van der Waals surface area contributed by atoms with Crippen molar-refractivity contribution in [3.05, 3.63) is 0 Å². The van der Waals surface area contributed by atoms with E-state index in [1.807, 2.05) is 32.6 Å². The molecule has 0 aromatic heterocycles. The molecule has 2 fully saturated rings. The van der Waals surface area contributed by atoms with E-state index in [0.717, 1.165) is 51.8 Å². The van der Waals surface area contributed by atoms with Gasteiger partial charge in [-0.15, -0.1) is 0 Å². The van der Waals surface area contributed by atoms with Crippen molar-refractivity contribution >= 4 is 12.0 Å². The Balaban J connectivity index is 1.88. The summed E-state index contributed by atoms with van der Waals surface area (Å²) in [5, 5.41) is 3.01. The van der Waals surface area contributed by atoms with Crippen LogP contribution in [-0.2, 0) is 14.3 Å². The van der Waals surface area contributed by atoms with Gasteiger partial charge in [-0.2, -0.15) is 0 Å². The summed E-state index contributed by atoms with van der Waals surface area (Å²) in [5.74, 6) is 0.639. The number of likely N-dealkylation sites (tertiary alicyclic amines) is 1. The van der Waals surface area contributed by atoms with Gasteiger partial charge in [-0.25, -0.2) is 4.79 Å². The van der Waals surface area contributed by atoms with Gasteiger partial charge in [-0.1, -0.05) is 6.92 Å². The summed E-state index contributed by atoms with van der Waals surface area (Å²) in [7, 11) is 0.